The van der Waals surface area contributed by atoms with E-state index in [1.54, 1.807) is 7.05 Å². The SMILES string of the molecule is CNC(=O)CN(C)C(=O)CSc1nnc(COc2c(C)cccc2C)n1N. The first kappa shape index (κ1) is 20.6. The van der Waals surface area contributed by atoms with Gasteiger partial charge >= 0.3 is 0 Å². The van der Waals surface area contributed by atoms with Crippen LogP contribution in [0, 0.1) is 13.8 Å². The predicted octanol–water partition coefficient (Wildman–Crippen LogP) is 0.484. The molecular weight excluding hydrogens is 368 g/mol. The molecule has 0 atom stereocenters. The number of aromatic nitrogens is 3. The molecule has 0 bridgehead atoms. The van der Waals surface area contributed by atoms with Crippen molar-refractivity contribution in [3.8, 4) is 5.75 Å². The van der Waals surface area contributed by atoms with Crippen molar-refractivity contribution in [2.75, 3.05) is 32.2 Å². The summed E-state index contributed by atoms with van der Waals surface area (Å²) in [5.41, 5.74) is 2.05. The maximum atomic E-state index is 12.1. The number of amides is 2. The molecule has 9 nitrogen and oxygen atoms in total. The molecular formula is C17H24N6O3S. The summed E-state index contributed by atoms with van der Waals surface area (Å²) in [7, 11) is 3.09. The van der Waals surface area contributed by atoms with Crippen molar-refractivity contribution < 1.29 is 14.3 Å². The van der Waals surface area contributed by atoms with Gasteiger partial charge in [0.25, 0.3) is 0 Å². The van der Waals surface area contributed by atoms with E-state index >= 15 is 0 Å². The van der Waals surface area contributed by atoms with Crippen LogP contribution in [0.4, 0.5) is 0 Å². The molecule has 3 N–H and O–H groups in total. The number of hydrogen-bond acceptors (Lipinski definition) is 7. The predicted molar refractivity (Wildman–Crippen MR) is 103 cm³/mol. The van der Waals surface area contributed by atoms with Gasteiger partial charge in [0, 0.05) is 14.1 Å². The summed E-state index contributed by atoms with van der Waals surface area (Å²) in [6.45, 7) is 4.11. The minimum Gasteiger partial charge on any atom is -0.485 e. The molecule has 0 saturated heterocycles. The molecule has 0 aliphatic rings. The van der Waals surface area contributed by atoms with Crippen molar-refractivity contribution in [1.29, 1.82) is 0 Å². The number of aryl methyl sites for hydroxylation is 2. The Morgan fingerprint density at radius 3 is 2.59 bits per heavy atom. The van der Waals surface area contributed by atoms with Crippen molar-refractivity contribution in [2.45, 2.75) is 25.6 Å². The van der Waals surface area contributed by atoms with Gasteiger partial charge in [-0.3, -0.25) is 9.59 Å². The molecule has 0 aliphatic carbocycles. The van der Waals surface area contributed by atoms with Gasteiger partial charge < -0.3 is 20.8 Å². The summed E-state index contributed by atoms with van der Waals surface area (Å²) in [4.78, 5) is 24.7. The first-order chi connectivity index (χ1) is 12.8. The second-order valence-corrected chi connectivity index (χ2v) is 6.93. The molecule has 0 saturated carbocycles. The third kappa shape index (κ3) is 5.36. The van der Waals surface area contributed by atoms with Crippen molar-refractivity contribution in [3.63, 3.8) is 0 Å². The molecule has 27 heavy (non-hydrogen) atoms. The Balaban J connectivity index is 1.93. The number of para-hydroxylation sites is 1. The molecule has 10 heteroatoms. The first-order valence-electron chi connectivity index (χ1n) is 8.29. The van der Waals surface area contributed by atoms with Crippen LogP contribution in [0.25, 0.3) is 0 Å². The molecule has 0 spiro atoms. The average molecular weight is 392 g/mol. The van der Waals surface area contributed by atoms with Gasteiger partial charge in [-0.05, 0) is 25.0 Å². The highest BCUT2D eigenvalue weighted by Crippen LogP contribution is 2.23. The van der Waals surface area contributed by atoms with Gasteiger partial charge in [-0.15, -0.1) is 10.2 Å². The minimum atomic E-state index is -0.233. The van der Waals surface area contributed by atoms with E-state index < -0.39 is 0 Å². The van der Waals surface area contributed by atoms with E-state index in [0.717, 1.165) is 28.6 Å². The van der Waals surface area contributed by atoms with Gasteiger partial charge in [-0.2, -0.15) is 0 Å². The van der Waals surface area contributed by atoms with Gasteiger partial charge in [0.2, 0.25) is 17.0 Å². The Hall–Kier alpha value is -2.75. The summed E-state index contributed by atoms with van der Waals surface area (Å²) < 4.78 is 7.15. The van der Waals surface area contributed by atoms with Crippen LogP contribution in [0.3, 0.4) is 0 Å². The monoisotopic (exact) mass is 392 g/mol. The Morgan fingerprint density at radius 2 is 1.96 bits per heavy atom. The number of carbonyl (C=O) groups excluding carboxylic acids is 2. The van der Waals surface area contributed by atoms with E-state index in [4.69, 9.17) is 10.6 Å². The topological polar surface area (TPSA) is 115 Å². The quantitative estimate of drug-likeness (QED) is 0.496. The third-order valence-electron chi connectivity index (χ3n) is 3.90. The fourth-order valence-electron chi connectivity index (χ4n) is 2.29. The highest BCUT2D eigenvalue weighted by Gasteiger charge is 2.16. The van der Waals surface area contributed by atoms with Gasteiger partial charge in [-0.25, -0.2) is 4.68 Å². The van der Waals surface area contributed by atoms with Crippen LogP contribution >= 0.6 is 11.8 Å². The number of nitrogens with zero attached hydrogens (tertiary/aromatic N) is 4. The number of thioether (sulfide) groups is 1. The van der Waals surface area contributed by atoms with E-state index in [2.05, 4.69) is 15.5 Å². The van der Waals surface area contributed by atoms with Crippen LogP contribution in [0.5, 0.6) is 5.75 Å². The lowest BCUT2D eigenvalue weighted by Gasteiger charge is -2.15. The van der Waals surface area contributed by atoms with Crippen LogP contribution in [0.15, 0.2) is 23.4 Å². The number of nitrogens with one attached hydrogen (secondary N) is 1. The number of hydrogen-bond donors (Lipinski definition) is 2. The highest BCUT2D eigenvalue weighted by atomic mass is 32.2. The Morgan fingerprint density at radius 1 is 1.30 bits per heavy atom. The summed E-state index contributed by atoms with van der Waals surface area (Å²) >= 11 is 1.15. The number of benzene rings is 1. The molecule has 1 aromatic carbocycles. The zero-order valence-electron chi connectivity index (χ0n) is 15.9. The number of nitrogen functional groups attached to an aromatic ring is 1. The van der Waals surface area contributed by atoms with Crippen molar-refractivity contribution >= 4 is 23.6 Å². The van der Waals surface area contributed by atoms with Gasteiger partial charge in [0.05, 0.1) is 12.3 Å². The van der Waals surface area contributed by atoms with Crippen LogP contribution in [0.1, 0.15) is 17.0 Å². The van der Waals surface area contributed by atoms with Crippen LogP contribution in [-0.2, 0) is 16.2 Å². The maximum Gasteiger partial charge on any atom is 0.239 e. The molecule has 2 aromatic rings. The standard InChI is InChI=1S/C17H24N6O3S/c1-11-6-5-7-12(2)16(11)26-9-13-20-21-17(23(13)18)27-10-15(25)22(4)8-14(24)19-3/h5-7H,8-10,18H2,1-4H3,(H,19,24). The van der Waals surface area contributed by atoms with Crippen molar-refractivity contribution in [3.05, 3.63) is 35.2 Å². The lowest BCUT2D eigenvalue weighted by molar-refractivity contribution is -0.132. The zero-order valence-corrected chi connectivity index (χ0v) is 16.7. The van der Waals surface area contributed by atoms with E-state index in [1.165, 1.54) is 16.6 Å². The molecule has 0 radical (unpaired) electrons. The normalized spacial score (nSPS) is 10.5. The van der Waals surface area contributed by atoms with Gasteiger partial charge in [0.1, 0.15) is 12.4 Å². The molecule has 2 rings (SSSR count). The molecule has 0 fully saturated rings. The maximum absolute atomic E-state index is 12.1. The van der Waals surface area contributed by atoms with Crippen LogP contribution < -0.4 is 15.9 Å². The minimum absolute atomic E-state index is 0.0000760. The second-order valence-electron chi connectivity index (χ2n) is 5.99. The summed E-state index contributed by atoms with van der Waals surface area (Å²) in [6, 6.07) is 5.91. The number of ether oxygens (including phenoxy) is 1. The lowest BCUT2D eigenvalue weighted by atomic mass is 10.1. The van der Waals surface area contributed by atoms with Crippen LogP contribution in [-0.4, -0.2) is 58.0 Å². The lowest BCUT2D eigenvalue weighted by Crippen LogP contribution is -2.37. The number of nitrogens with two attached hydrogens (primary N) is 1. The summed E-state index contributed by atoms with van der Waals surface area (Å²) in [5, 5.41) is 10.9. The Kier molecular flexibility index (Phi) is 7.05. The number of likely N-dealkylation sites (N-methyl/N-ethyl adjacent to an activating group) is 2. The Labute approximate surface area is 162 Å². The second kappa shape index (κ2) is 9.26. The van der Waals surface area contributed by atoms with Gasteiger partial charge in [0.15, 0.2) is 5.82 Å². The molecule has 1 aromatic heterocycles. The number of rotatable bonds is 8. The smallest absolute Gasteiger partial charge is 0.239 e. The summed E-state index contributed by atoms with van der Waals surface area (Å²) in [6.07, 6.45) is 0. The van der Waals surface area contributed by atoms with Crippen molar-refractivity contribution in [1.82, 2.24) is 25.1 Å². The Bertz CT molecular complexity index is 803. The first-order valence-corrected chi connectivity index (χ1v) is 9.27. The van der Waals surface area contributed by atoms with Crippen molar-refractivity contribution in [2.24, 2.45) is 0 Å². The third-order valence-corrected chi connectivity index (χ3v) is 4.83. The highest BCUT2D eigenvalue weighted by molar-refractivity contribution is 7.99. The number of carbonyl (C=O) groups is 2. The van der Waals surface area contributed by atoms with E-state index in [-0.39, 0.29) is 30.7 Å². The molecule has 146 valence electrons. The molecule has 0 unspecified atom stereocenters. The average Bonchev–Trinajstić information content (AvgIpc) is 2.99. The summed E-state index contributed by atoms with van der Waals surface area (Å²) in [5.74, 6) is 6.91. The largest absolute Gasteiger partial charge is 0.485 e. The molecule has 0 aliphatic heterocycles. The van der Waals surface area contributed by atoms with Crippen LogP contribution in [0.2, 0.25) is 0 Å². The van der Waals surface area contributed by atoms with Gasteiger partial charge in [-0.1, -0.05) is 30.0 Å². The molecule has 1 heterocycles. The fraction of sp³-hybridized carbons (Fsp3) is 0.412. The van der Waals surface area contributed by atoms with E-state index in [0.29, 0.717) is 11.0 Å². The zero-order chi connectivity index (χ0) is 20.0. The molecule has 2 amide bonds. The van der Waals surface area contributed by atoms with E-state index in [1.807, 2.05) is 32.0 Å². The fourth-order valence-corrected chi connectivity index (χ4v) is 3.10. The van der Waals surface area contributed by atoms with E-state index in [9.17, 15) is 9.59 Å².